The highest BCUT2D eigenvalue weighted by Crippen LogP contribution is 2.29. The van der Waals surface area contributed by atoms with E-state index in [1.807, 2.05) is 18.2 Å². The van der Waals surface area contributed by atoms with Gasteiger partial charge in [-0.3, -0.25) is 14.9 Å². The quantitative estimate of drug-likeness (QED) is 0.595. The van der Waals surface area contributed by atoms with Crippen LogP contribution in [0.15, 0.2) is 30.3 Å². The van der Waals surface area contributed by atoms with Crippen LogP contribution in [0.2, 0.25) is 0 Å². The van der Waals surface area contributed by atoms with E-state index in [-0.39, 0.29) is 5.41 Å². The number of hydrogen-bond donors (Lipinski definition) is 1. The van der Waals surface area contributed by atoms with Crippen molar-refractivity contribution in [2.45, 2.75) is 58.3 Å². The molecule has 0 spiro atoms. The molecule has 0 atom stereocenters. The molecule has 1 heterocycles. The fraction of sp³-hybridized carbons (Fsp3) is 0.435. The Bertz CT molecular complexity index is 882. The standard InChI is InChI=1S/C23H27NO4S/c1-23(2,3)17-11-9-15(10-12-17)21(26)24-20(25)14-28-22(27)19-13-16-7-5-4-6-8-18(16)29-19/h9-13H,4-8,14H2,1-3H3,(H,24,25,26). The summed E-state index contributed by atoms with van der Waals surface area (Å²) in [6.45, 7) is 5.79. The second kappa shape index (κ2) is 8.91. The molecule has 0 saturated carbocycles. The second-order valence-electron chi connectivity index (χ2n) is 8.40. The molecule has 0 saturated heterocycles. The van der Waals surface area contributed by atoms with Gasteiger partial charge in [-0.25, -0.2) is 4.79 Å². The average molecular weight is 414 g/mol. The Labute approximate surface area is 175 Å². The monoisotopic (exact) mass is 413 g/mol. The molecule has 1 aromatic heterocycles. The third-order valence-electron chi connectivity index (χ3n) is 5.05. The van der Waals surface area contributed by atoms with E-state index in [1.165, 1.54) is 28.2 Å². The molecular weight excluding hydrogens is 386 g/mol. The van der Waals surface area contributed by atoms with E-state index in [9.17, 15) is 14.4 Å². The van der Waals surface area contributed by atoms with Gasteiger partial charge < -0.3 is 4.74 Å². The lowest BCUT2D eigenvalue weighted by molar-refractivity contribution is -0.123. The van der Waals surface area contributed by atoms with Gasteiger partial charge in [0.25, 0.3) is 11.8 Å². The number of carbonyl (C=O) groups excluding carboxylic acids is 3. The normalized spacial score (nSPS) is 13.9. The van der Waals surface area contributed by atoms with Gasteiger partial charge in [0.2, 0.25) is 0 Å². The largest absolute Gasteiger partial charge is 0.451 e. The van der Waals surface area contributed by atoms with E-state index in [2.05, 4.69) is 26.1 Å². The molecule has 6 heteroatoms. The molecule has 29 heavy (non-hydrogen) atoms. The summed E-state index contributed by atoms with van der Waals surface area (Å²) < 4.78 is 5.11. The minimum Gasteiger partial charge on any atom is -0.451 e. The number of nitrogens with one attached hydrogen (secondary N) is 1. The van der Waals surface area contributed by atoms with Crippen LogP contribution in [0.25, 0.3) is 0 Å². The van der Waals surface area contributed by atoms with E-state index in [0.29, 0.717) is 10.4 Å². The lowest BCUT2D eigenvalue weighted by Crippen LogP contribution is -2.34. The number of hydrogen-bond acceptors (Lipinski definition) is 5. The van der Waals surface area contributed by atoms with E-state index in [4.69, 9.17) is 4.74 Å². The Balaban J connectivity index is 1.51. The predicted molar refractivity (Wildman–Crippen MR) is 113 cm³/mol. The fourth-order valence-electron chi connectivity index (χ4n) is 3.33. The Hall–Kier alpha value is -2.47. The number of aryl methyl sites for hydroxylation is 2. The maximum absolute atomic E-state index is 12.3. The van der Waals surface area contributed by atoms with Crippen LogP contribution in [0.1, 0.15) is 76.1 Å². The van der Waals surface area contributed by atoms with Crippen molar-refractivity contribution < 1.29 is 19.1 Å². The Morgan fingerprint density at radius 3 is 2.41 bits per heavy atom. The van der Waals surface area contributed by atoms with Gasteiger partial charge in [0.1, 0.15) is 4.88 Å². The zero-order valence-corrected chi connectivity index (χ0v) is 18.0. The Kier molecular flexibility index (Phi) is 6.52. The lowest BCUT2D eigenvalue weighted by Gasteiger charge is -2.18. The Morgan fingerprint density at radius 1 is 1.03 bits per heavy atom. The van der Waals surface area contributed by atoms with Crippen LogP contribution in [0.4, 0.5) is 0 Å². The summed E-state index contributed by atoms with van der Waals surface area (Å²) in [5.74, 6) is -1.66. The number of rotatable bonds is 4. The van der Waals surface area contributed by atoms with Crippen molar-refractivity contribution in [3.8, 4) is 0 Å². The lowest BCUT2D eigenvalue weighted by atomic mass is 9.87. The summed E-state index contributed by atoms with van der Waals surface area (Å²) in [5, 5.41) is 2.27. The third-order valence-corrected chi connectivity index (χ3v) is 6.27. The molecule has 0 aliphatic heterocycles. The van der Waals surface area contributed by atoms with Gasteiger partial charge in [-0.1, -0.05) is 39.3 Å². The van der Waals surface area contributed by atoms with Gasteiger partial charge in [0.05, 0.1) is 0 Å². The molecule has 3 rings (SSSR count). The van der Waals surface area contributed by atoms with Crippen LogP contribution in [0.5, 0.6) is 0 Å². The number of carbonyl (C=O) groups is 3. The van der Waals surface area contributed by atoms with Gasteiger partial charge in [-0.05, 0) is 60.4 Å². The first-order chi connectivity index (χ1) is 13.7. The van der Waals surface area contributed by atoms with Gasteiger partial charge >= 0.3 is 5.97 Å². The smallest absolute Gasteiger partial charge is 0.348 e. The highest BCUT2D eigenvalue weighted by molar-refractivity contribution is 7.14. The number of amides is 2. The van der Waals surface area contributed by atoms with E-state index < -0.39 is 24.4 Å². The van der Waals surface area contributed by atoms with Gasteiger partial charge in [-0.15, -0.1) is 11.3 Å². The zero-order valence-electron chi connectivity index (χ0n) is 17.2. The van der Waals surface area contributed by atoms with Gasteiger partial charge in [0.15, 0.2) is 6.61 Å². The number of thiophene rings is 1. The molecule has 2 amide bonds. The molecule has 5 nitrogen and oxygen atoms in total. The van der Waals surface area contributed by atoms with Crippen LogP contribution in [0.3, 0.4) is 0 Å². The maximum Gasteiger partial charge on any atom is 0.348 e. The average Bonchev–Trinajstić information content (AvgIpc) is 2.96. The van der Waals surface area contributed by atoms with Gasteiger partial charge in [-0.2, -0.15) is 0 Å². The molecule has 0 bridgehead atoms. The number of fused-ring (bicyclic) bond motifs is 1. The van der Waals surface area contributed by atoms with Crippen molar-refractivity contribution >= 4 is 29.1 Å². The van der Waals surface area contributed by atoms with Gasteiger partial charge in [0, 0.05) is 10.4 Å². The second-order valence-corrected chi connectivity index (χ2v) is 9.54. The summed E-state index contributed by atoms with van der Waals surface area (Å²) in [7, 11) is 0. The van der Waals surface area contributed by atoms with Crippen LogP contribution in [-0.2, 0) is 27.8 Å². The summed E-state index contributed by atoms with van der Waals surface area (Å²) >= 11 is 1.45. The maximum atomic E-state index is 12.3. The topological polar surface area (TPSA) is 72.5 Å². The predicted octanol–water partition coefficient (Wildman–Crippen LogP) is 4.43. The Morgan fingerprint density at radius 2 is 1.72 bits per heavy atom. The molecule has 1 aliphatic rings. The first-order valence-electron chi connectivity index (χ1n) is 9.97. The SMILES string of the molecule is CC(C)(C)c1ccc(C(=O)NC(=O)COC(=O)c2cc3c(s2)CCCCC3)cc1. The van der Waals surface area contributed by atoms with Crippen LogP contribution in [-0.4, -0.2) is 24.4 Å². The molecule has 2 aromatic rings. The molecular formula is C23H27NO4S. The molecule has 0 radical (unpaired) electrons. The number of esters is 1. The molecule has 1 N–H and O–H groups in total. The number of ether oxygens (including phenoxy) is 1. The summed E-state index contributed by atoms with van der Waals surface area (Å²) in [6, 6.07) is 9.01. The molecule has 154 valence electrons. The molecule has 1 aromatic carbocycles. The highest BCUT2D eigenvalue weighted by Gasteiger charge is 2.19. The number of benzene rings is 1. The fourth-order valence-corrected chi connectivity index (χ4v) is 4.47. The van der Waals surface area contributed by atoms with Crippen LogP contribution < -0.4 is 5.32 Å². The number of imide groups is 1. The van der Waals surface area contributed by atoms with Crippen molar-refractivity contribution in [3.05, 3.63) is 56.8 Å². The molecule has 1 aliphatic carbocycles. The van der Waals surface area contributed by atoms with Crippen molar-refractivity contribution in [1.82, 2.24) is 5.32 Å². The molecule has 0 unspecified atom stereocenters. The third kappa shape index (κ3) is 5.54. The van der Waals surface area contributed by atoms with E-state index >= 15 is 0 Å². The summed E-state index contributed by atoms with van der Waals surface area (Å²) in [5.41, 5.74) is 2.69. The first-order valence-corrected chi connectivity index (χ1v) is 10.8. The summed E-state index contributed by atoms with van der Waals surface area (Å²) in [4.78, 5) is 38.3. The van der Waals surface area contributed by atoms with Crippen LogP contribution >= 0.6 is 11.3 Å². The van der Waals surface area contributed by atoms with Crippen molar-refractivity contribution in [2.75, 3.05) is 6.61 Å². The zero-order chi connectivity index (χ0) is 21.0. The van der Waals surface area contributed by atoms with Crippen molar-refractivity contribution in [3.63, 3.8) is 0 Å². The molecule has 0 fully saturated rings. The van der Waals surface area contributed by atoms with E-state index in [0.717, 1.165) is 31.2 Å². The van der Waals surface area contributed by atoms with Crippen molar-refractivity contribution in [2.24, 2.45) is 0 Å². The summed E-state index contributed by atoms with van der Waals surface area (Å²) in [6.07, 6.45) is 5.48. The van der Waals surface area contributed by atoms with E-state index in [1.54, 1.807) is 12.1 Å². The minimum absolute atomic E-state index is 0.0147. The highest BCUT2D eigenvalue weighted by atomic mass is 32.1. The van der Waals surface area contributed by atoms with Crippen LogP contribution in [0, 0.1) is 0 Å². The first kappa shape index (κ1) is 21.2. The minimum atomic E-state index is -0.638. The van der Waals surface area contributed by atoms with Crippen molar-refractivity contribution in [1.29, 1.82) is 0 Å².